The zero-order chi connectivity index (χ0) is 26.4. The Labute approximate surface area is 227 Å². The number of hydrogen-bond acceptors (Lipinski definition) is 13. The lowest BCUT2D eigenvalue weighted by Gasteiger charge is -2.50. The minimum Gasteiger partial charge on any atom is -0.543 e. The molecule has 0 unspecified atom stereocenters. The number of rotatable bonds is 8. The van der Waals surface area contributed by atoms with Crippen molar-refractivity contribution in [1.29, 1.82) is 0 Å². The van der Waals surface area contributed by atoms with Crippen LogP contribution < -0.4 is 20.7 Å². The number of carboxylic acids is 1. The van der Waals surface area contributed by atoms with Crippen molar-refractivity contribution in [3.8, 4) is 0 Å². The van der Waals surface area contributed by atoms with E-state index in [1.807, 2.05) is 10.6 Å². The number of aromatic nitrogens is 5. The molecule has 2 saturated heterocycles. The van der Waals surface area contributed by atoms with Crippen molar-refractivity contribution in [3.63, 3.8) is 0 Å². The van der Waals surface area contributed by atoms with E-state index in [4.69, 9.17) is 10.6 Å². The Balaban J connectivity index is 1.21. The lowest BCUT2D eigenvalue weighted by atomic mass is 10.0. The van der Waals surface area contributed by atoms with E-state index in [-0.39, 0.29) is 35.0 Å². The van der Waals surface area contributed by atoms with Crippen LogP contribution in [0.3, 0.4) is 0 Å². The third-order valence-electron chi connectivity index (χ3n) is 6.10. The number of carbonyl (C=O) groups excluding carboxylic acids is 3. The smallest absolute Gasteiger partial charge is 0.307 e. The van der Waals surface area contributed by atoms with Gasteiger partial charge in [0, 0.05) is 40.4 Å². The zero-order valence-corrected chi connectivity index (χ0v) is 21.9. The summed E-state index contributed by atoms with van der Waals surface area (Å²) in [6, 6.07) is 2.65. The first-order valence-electron chi connectivity index (χ1n) is 11.3. The van der Waals surface area contributed by atoms with Gasteiger partial charge in [-0.15, -0.1) is 16.3 Å². The molecule has 0 aliphatic carbocycles. The van der Waals surface area contributed by atoms with E-state index < -0.39 is 29.2 Å². The van der Waals surface area contributed by atoms with Gasteiger partial charge in [0.25, 0.3) is 11.8 Å². The van der Waals surface area contributed by atoms with Gasteiger partial charge in [0.15, 0.2) is 11.3 Å². The molecule has 196 valence electrons. The second kappa shape index (κ2) is 9.88. The van der Waals surface area contributed by atoms with Gasteiger partial charge in [0.1, 0.15) is 30.3 Å². The van der Waals surface area contributed by atoms with Crippen LogP contribution in [0.2, 0.25) is 0 Å². The maximum Gasteiger partial charge on any atom is 0.307 e. The highest BCUT2D eigenvalue weighted by Crippen LogP contribution is 2.40. The number of β-lactam (4-membered cyclic amide) rings is 1. The number of nitrogen functional groups attached to an aromatic ring is 1. The summed E-state index contributed by atoms with van der Waals surface area (Å²) in [6.07, 6.45) is 5.05. The molecule has 6 rings (SSSR count). The molecule has 3 aliphatic rings. The maximum atomic E-state index is 13.1. The highest BCUT2D eigenvalue weighted by molar-refractivity contribution is 8.00. The molecule has 0 aromatic carbocycles. The Kier molecular flexibility index (Phi) is 6.40. The van der Waals surface area contributed by atoms with E-state index in [0.29, 0.717) is 11.3 Å². The number of thioether (sulfide) groups is 2. The van der Waals surface area contributed by atoms with Crippen molar-refractivity contribution in [3.05, 3.63) is 47.8 Å². The molecular weight excluding hydrogens is 554 g/mol. The van der Waals surface area contributed by atoms with Gasteiger partial charge in [-0.2, -0.15) is 21.1 Å². The standard InChI is InChI=1S/C21H19N9O5S3/c22-21-25-16(27-38-21)13(26-35-11-8-36-9-11)17(31)24-14-18(32)30-15(20(33)34)10(7-37-19(14)30)6-28-4-5-29-12(28)2-1-3-23-29/h1-5,11,14,19H,6-9H2,(H3-,22,24,25,27,31,33,34)/b26-13-/t14-,19-/m1/s1. The van der Waals surface area contributed by atoms with Crippen LogP contribution in [0.25, 0.3) is 5.65 Å². The highest BCUT2D eigenvalue weighted by Gasteiger charge is 2.53. The molecule has 0 radical (unpaired) electrons. The van der Waals surface area contributed by atoms with Crippen LogP contribution >= 0.6 is 35.1 Å². The van der Waals surface area contributed by atoms with Crippen LogP contribution in [0.5, 0.6) is 0 Å². The van der Waals surface area contributed by atoms with Crippen molar-refractivity contribution in [2.24, 2.45) is 5.16 Å². The number of nitrogens with two attached hydrogens (primary N) is 1. The molecule has 3 aromatic heterocycles. The molecule has 2 atom stereocenters. The topological polar surface area (TPSA) is 184 Å². The van der Waals surface area contributed by atoms with Gasteiger partial charge in [-0.25, -0.2) is 4.57 Å². The van der Waals surface area contributed by atoms with Gasteiger partial charge in [-0.05, 0) is 6.07 Å². The lowest BCUT2D eigenvalue weighted by molar-refractivity contribution is -0.662. The number of carbonyl (C=O) groups is 3. The van der Waals surface area contributed by atoms with E-state index in [1.54, 1.807) is 40.9 Å². The van der Waals surface area contributed by atoms with E-state index in [9.17, 15) is 19.5 Å². The molecule has 38 heavy (non-hydrogen) atoms. The molecule has 3 aromatic rings. The number of imidazole rings is 1. The molecule has 0 bridgehead atoms. The molecular formula is C21H19N9O5S3. The molecule has 0 spiro atoms. The predicted octanol–water partition coefficient (Wildman–Crippen LogP) is -2.00. The molecule has 2 amide bonds. The van der Waals surface area contributed by atoms with Gasteiger partial charge in [0.2, 0.25) is 11.5 Å². The van der Waals surface area contributed by atoms with Crippen molar-refractivity contribution in [1.82, 2.24) is 29.2 Å². The Hall–Kier alpha value is -3.70. The van der Waals surface area contributed by atoms with Crippen LogP contribution in [0.1, 0.15) is 5.82 Å². The van der Waals surface area contributed by atoms with E-state index >= 15 is 0 Å². The van der Waals surface area contributed by atoms with Crippen molar-refractivity contribution in [2.75, 3.05) is 23.0 Å². The summed E-state index contributed by atoms with van der Waals surface area (Å²) >= 11 is 3.93. The molecule has 3 aliphatic heterocycles. The average Bonchev–Trinajstić information content (AvgIpc) is 3.49. The summed E-state index contributed by atoms with van der Waals surface area (Å²) in [4.78, 5) is 49.0. The number of carboxylic acid groups (broad SMARTS) is 1. The fourth-order valence-electron chi connectivity index (χ4n) is 4.20. The monoisotopic (exact) mass is 573 g/mol. The largest absolute Gasteiger partial charge is 0.543 e. The minimum absolute atomic E-state index is 0.0131. The SMILES string of the molecule is Nc1nc(/C(=N/OC2CSC2)C(=O)N[C@@H]2C(=O)N3C(C(=O)[O-])=C(C[n+]4ccn5ncccc54)CS[C@H]23)ns1. The third-order valence-corrected chi connectivity index (χ3v) is 9.19. The second-order valence-corrected chi connectivity index (χ2v) is 11.5. The lowest BCUT2D eigenvalue weighted by Crippen LogP contribution is -2.71. The maximum absolute atomic E-state index is 13.1. The van der Waals surface area contributed by atoms with Crippen LogP contribution in [0.15, 0.2) is 47.1 Å². The number of hydrogen-bond donors (Lipinski definition) is 2. The van der Waals surface area contributed by atoms with Gasteiger partial charge >= 0.3 is 5.65 Å². The number of aliphatic carboxylic acids is 1. The normalized spacial score (nSPS) is 21.6. The van der Waals surface area contributed by atoms with Crippen LogP contribution in [-0.4, -0.2) is 82.1 Å². The first-order chi connectivity index (χ1) is 18.4. The number of fused-ring (bicyclic) bond motifs is 2. The average molecular weight is 574 g/mol. The van der Waals surface area contributed by atoms with Crippen molar-refractivity contribution in [2.45, 2.75) is 24.1 Å². The Morgan fingerprint density at radius 1 is 1.37 bits per heavy atom. The first kappa shape index (κ1) is 24.6. The first-order valence-corrected chi connectivity index (χ1v) is 14.3. The summed E-state index contributed by atoms with van der Waals surface area (Å²) in [5, 5.41) is 22.5. The minimum atomic E-state index is -1.46. The summed E-state index contributed by atoms with van der Waals surface area (Å²) in [6.45, 7) is 0.233. The fourth-order valence-corrected chi connectivity index (χ4v) is 6.52. The van der Waals surface area contributed by atoms with Crippen LogP contribution in [-0.2, 0) is 25.8 Å². The Morgan fingerprint density at radius 2 is 2.21 bits per heavy atom. The summed E-state index contributed by atoms with van der Waals surface area (Å²) in [7, 11) is 0. The quantitative estimate of drug-likeness (QED) is 0.131. The number of amides is 2. The summed E-state index contributed by atoms with van der Waals surface area (Å²) < 4.78 is 7.54. The predicted molar refractivity (Wildman–Crippen MR) is 135 cm³/mol. The Morgan fingerprint density at radius 3 is 2.92 bits per heavy atom. The number of nitrogens with zero attached hydrogens (tertiary/aromatic N) is 7. The van der Waals surface area contributed by atoms with Crippen molar-refractivity contribution < 1.29 is 28.9 Å². The van der Waals surface area contributed by atoms with Gasteiger partial charge in [0.05, 0.1) is 17.9 Å². The summed E-state index contributed by atoms with van der Waals surface area (Å²) in [5.74, 6) is -0.947. The highest BCUT2D eigenvalue weighted by atomic mass is 32.2. The van der Waals surface area contributed by atoms with E-state index in [1.165, 1.54) is 16.7 Å². The molecule has 3 N–H and O–H groups in total. The van der Waals surface area contributed by atoms with E-state index in [2.05, 4.69) is 24.9 Å². The molecule has 14 nitrogen and oxygen atoms in total. The second-order valence-electron chi connectivity index (χ2n) is 8.51. The Bertz CT molecular complexity index is 1510. The van der Waals surface area contributed by atoms with Crippen LogP contribution in [0, 0.1) is 0 Å². The molecule has 2 fully saturated rings. The number of nitrogens with one attached hydrogen (secondary N) is 1. The molecule has 17 heteroatoms. The fraction of sp³-hybridized carbons (Fsp3) is 0.333. The number of anilines is 1. The van der Waals surface area contributed by atoms with Crippen LogP contribution in [0.4, 0.5) is 5.13 Å². The third kappa shape index (κ3) is 4.35. The van der Waals surface area contributed by atoms with Gasteiger partial charge < -0.3 is 25.8 Å². The van der Waals surface area contributed by atoms with E-state index in [0.717, 1.165) is 28.7 Å². The molecule has 0 saturated carbocycles. The summed E-state index contributed by atoms with van der Waals surface area (Å²) in [5.41, 5.74) is 6.56. The number of oxime groups is 1. The molecule has 6 heterocycles. The van der Waals surface area contributed by atoms with Gasteiger partial charge in [-0.1, -0.05) is 10.3 Å². The zero-order valence-electron chi connectivity index (χ0n) is 19.4. The van der Waals surface area contributed by atoms with Crippen molar-refractivity contribution >= 4 is 69.3 Å². The van der Waals surface area contributed by atoms with Gasteiger partial charge in [-0.3, -0.25) is 14.5 Å².